The molecule has 1 aliphatic heterocycles. The van der Waals surface area contributed by atoms with Crippen molar-refractivity contribution in [1.82, 2.24) is 4.72 Å². The van der Waals surface area contributed by atoms with Crippen LogP contribution in [0.15, 0.2) is 24.3 Å². The van der Waals surface area contributed by atoms with Crippen LogP contribution >= 0.6 is 0 Å². The molecule has 0 aliphatic carbocycles. The zero-order chi connectivity index (χ0) is 15.6. The molecule has 1 aliphatic rings. The summed E-state index contributed by atoms with van der Waals surface area (Å²) in [7, 11) is -2.85. The summed E-state index contributed by atoms with van der Waals surface area (Å²) in [6.07, 6.45) is -3.09. The van der Waals surface area contributed by atoms with E-state index in [4.69, 9.17) is 13.7 Å². The average Bonchev–Trinajstić information content (AvgIpc) is 2.78. The molecule has 0 spiro atoms. The first-order valence-corrected chi connectivity index (χ1v) is 7.41. The number of benzene rings is 1. The zero-order valence-corrected chi connectivity index (χ0v) is 12.1. The first-order chi connectivity index (χ1) is 9.84. The van der Waals surface area contributed by atoms with Crippen molar-refractivity contribution in [2.75, 3.05) is 7.05 Å². The Bertz CT molecular complexity index is 633. The van der Waals surface area contributed by atoms with Gasteiger partial charge >= 0.3 is 10.3 Å². The SMILES string of the molecule is CNS(=O)(=O)OC1OC(C)OC1c1ccccc1[N+](=O)[O-]. The summed E-state index contributed by atoms with van der Waals surface area (Å²) in [6, 6.07) is 5.84. The molecule has 116 valence electrons. The number of ether oxygens (including phenoxy) is 2. The molecule has 1 heterocycles. The molecule has 21 heavy (non-hydrogen) atoms. The fourth-order valence-corrected chi connectivity index (χ4v) is 2.42. The number of hydrogen-bond donors (Lipinski definition) is 1. The molecule has 9 nitrogen and oxygen atoms in total. The van der Waals surface area contributed by atoms with Gasteiger partial charge in [0.05, 0.1) is 10.5 Å². The van der Waals surface area contributed by atoms with Gasteiger partial charge in [-0.2, -0.15) is 13.1 Å². The normalized spacial score (nSPS) is 25.9. The van der Waals surface area contributed by atoms with E-state index < -0.39 is 33.9 Å². The largest absolute Gasteiger partial charge is 0.339 e. The molecule has 2 rings (SSSR count). The summed E-state index contributed by atoms with van der Waals surface area (Å²) in [6.45, 7) is 1.54. The van der Waals surface area contributed by atoms with Crippen LogP contribution in [-0.2, 0) is 24.0 Å². The second kappa shape index (κ2) is 6.03. The van der Waals surface area contributed by atoms with Crippen molar-refractivity contribution in [3.05, 3.63) is 39.9 Å². The predicted molar refractivity (Wildman–Crippen MR) is 70.3 cm³/mol. The highest BCUT2D eigenvalue weighted by Crippen LogP contribution is 2.37. The summed E-state index contributed by atoms with van der Waals surface area (Å²) in [4.78, 5) is 10.5. The smallest absolute Gasteiger partial charge is 0.338 e. The molecule has 1 saturated heterocycles. The maximum Gasteiger partial charge on any atom is 0.338 e. The van der Waals surface area contributed by atoms with Gasteiger partial charge in [0.1, 0.15) is 6.10 Å². The quantitative estimate of drug-likeness (QED) is 0.631. The molecule has 1 aromatic rings. The predicted octanol–water partition coefficient (Wildman–Crippen LogP) is 0.836. The minimum atomic E-state index is -4.03. The van der Waals surface area contributed by atoms with Gasteiger partial charge in [-0.15, -0.1) is 0 Å². The number of hydrogen-bond acceptors (Lipinski definition) is 7. The Labute approximate surface area is 121 Å². The highest BCUT2D eigenvalue weighted by atomic mass is 32.2. The molecule has 0 amide bonds. The summed E-state index contributed by atoms with van der Waals surface area (Å²) in [5, 5.41) is 11.0. The molecule has 1 fully saturated rings. The standard InChI is InChI=1S/C11H14N2O7S/c1-7-18-10(11(19-7)20-21(16,17)12-2)8-5-3-4-6-9(8)13(14)15/h3-7,10-12H,1-2H3. The molecule has 1 aromatic carbocycles. The molecule has 0 saturated carbocycles. The Balaban J connectivity index is 2.35. The van der Waals surface area contributed by atoms with Crippen LogP contribution in [0.25, 0.3) is 0 Å². The lowest BCUT2D eigenvalue weighted by Crippen LogP contribution is -2.30. The maximum atomic E-state index is 11.5. The van der Waals surface area contributed by atoms with Crippen molar-refractivity contribution in [2.24, 2.45) is 0 Å². The van der Waals surface area contributed by atoms with Crippen molar-refractivity contribution in [3.63, 3.8) is 0 Å². The summed E-state index contributed by atoms with van der Waals surface area (Å²) in [5.74, 6) is 0. The van der Waals surface area contributed by atoms with Gasteiger partial charge in [0, 0.05) is 13.1 Å². The van der Waals surface area contributed by atoms with Gasteiger partial charge < -0.3 is 9.47 Å². The van der Waals surface area contributed by atoms with Gasteiger partial charge in [-0.25, -0.2) is 4.18 Å². The zero-order valence-electron chi connectivity index (χ0n) is 11.3. The monoisotopic (exact) mass is 318 g/mol. The van der Waals surface area contributed by atoms with Gasteiger partial charge in [-0.1, -0.05) is 12.1 Å². The van der Waals surface area contributed by atoms with Gasteiger partial charge in [0.25, 0.3) is 5.69 Å². The Morgan fingerprint density at radius 1 is 1.33 bits per heavy atom. The first-order valence-electron chi connectivity index (χ1n) is 6.00. The van der Waals surface area contributed by atoms with E-state index in [1.54, 1.807) is 6.07 Å². The van der Waals surface area contributed by atoms with Crippen LogP contribution in [0, 0.1) is 10.1 Å². The Morgan fingerprint density at radius 3 is 2.62 bits per heavy atom. The number of nitrogens with one attached hydrogen (secondary N) is 1. The van der Waals surface area contributed by atoms with E-state index in [0.717, 1.165) is 0 Å². The molecule has 0 radical (unpaired) electrons. The average molecular weight is 318 g/mol. The van der Waals surface area contributed by atoms with Crippen molar-refractivity contribution < 1.29 is 27.0 Å². The van der Waals surface area contributed by atoms with Crippen molar-refractivity contribution >= 4 is 16.0 Å². The van der Waals surface area contributed by atoms with E-state index in [2.05, 4.69) is 0 Å². The topological polar surface area (TPSA) is 117 Å². The minimum Gasteiger partial charge on any atom is -0.339 e. The van der Waals surface area contributed by atoms with Crippen LogP contribution < -0.4 is 4.72 Å². The third-order valence-corrected chi connectivity index (χ3v) is 3.77. The molecule has 0 bridgehead atoms. The summed E-state index contributed by atoms with van der Waals surface area (Å²) >= 11 is 0. The van der Waals surface area contributed by atoms with Crippen LogP contribution in [0.2, 0.25) is 0 Å². The van der Waals surface area contributed by atoms with E-state index in [9.17, 15) is 18.5 Å². The van der Waals surface area contributed by atoms with Gasteiger partial charge in [0.15, 0.2) is 6.29 Å². The first kappa shape index (κ1) is 15.8. The summed E-state index contributed by atoms with van der Waals surface area (Å²) < 4.78 is 40.3. The van der Waals surface area contributed by atoms with Gasteiger partial charge in [0.2, 0.25) is 6.29 Å². The van der Waals surface area contributed by atoms with Crippen molar-refractivity contribution in [1.29, 1.82) is 0 Å². The number of nitrogens with zero attached hydrogens (tertiary/aromatic N) is 1. The molecule has 10 heteroatoms. The number of para-hydroxylation sites is 1. The van der Waals surface area contributed by atoms with Crippen LogP contribution in [0.4, 0.5) is 5.69 Å². The maximum absolute atomic E-state index is 11.5. The Hall–Kier alpha value is -1.59. The molecule has 3 atom stereocenters. The lowest BCUT2D eigenvalue weighted by atomic mass is 10.1. The second-order valence-electron chi connectivity index (χ2n) is 4.20. The molecular formula is C11H14N2O7S. The highest BCUT2D eigenvalue weighted by Gasteiger charge is 2.41. The lowest BCUT2D eigenvalue weighted by Gasteiger charge is -2.16. The number of nitro groups is 1. The lowest BCUT2D eigenvalue weighted by molar-refractivity contribution is -0.386. The van der Waals surface area contributed by atoms with E-state index in [1.807, 2.05) is 4.72 Å². The van der Waals surface area contributed by atoms with E-state index in [-0.39, 0.29) is 11.3 Å². The van der Waals surface area contributed by atoms with E-state index >= 15 is 0 Å². The van der Waals surface area contributed by atoms with Crippen molar-refractivity contribution in [3.8, 4) is 0 Å². The third-order valence-electron chi connectivity index (χ3n) is 2.82. The minimum absolute atomic E-state index is 0.183. The number of rotatable bonds is 5. The van der Waals surface area contributed by atoms with E-state index in [0.29, 0.717) is 0 Å². The fraction of sp³-hybridized carbons (Fsp3) is 0.455. The number of nitro benzene ring substituents is 1. The van der Waals surface area contributed by atoms with Crippen molar-refractivity contribution in [2.45, 2.75) is 25.6 Å². The molecule has 3 unspecified atom stereocenters. The molecular weight excluding hydrogens is 304 g/mol. The molecule has 0 aromatic heterocycles. The molecule has 1 N–H and O–H groups in total. The summed E-state index contributed by atoms with van der Waals surface area (Å²) in [5.41, 5.74) is -0.0150. The second-order valence-corrected chi connectivity index (χ2v) is 5.71. The van der Waals surface area contributed by atoms with Crippen LogP contribution in [0.1, 0.15) is 18.6 Å². The fourth-order valence-electron chi connectivity index (χ4n) is 1.92. The van der Waals surface area contributed by atoms with Crippen LogP contribution in [0.3, 0.4) is 0 Å². The Kier molecular flexibility index (Phi) is 4.54. The van der Waals surface area contributed by atoms with Gasteiger partial charge in [-0.05, 0) is 13.0 Å². The third kappa shape index (κ3) is 3.54. The van der Waals surface area contributed by atoms with Crippen LogP contribution in [-0.4, -0.2) is 33.0 Å². The van der Waals surface area contributed by atoms with E-state index in [1.165, 1.54) is 32.2 Å². The van der Waals surface area contributed by atoms with Crippen LogP contribution in [0.5, 0.6) is 0 Å². The Morgan fingerprint density at radius 2 is 2.00 bits per heavy atom. The highest BCUT2D eigenvalue weighted by molar-refractivity contribution is 7.84. The van der Waals surface area contributed by atoms with Gasteiger partial charge in [-0.3, -0.25) is 10.1 Å².